The molecule has 162 valence electrons. The zero-order chi connectivity index (χ0) is 22.0. The van der Waals surface area contributed by atoms with E-state index in [1.54, 1.807) is 20.4 Å². The minimum absolute atomic E-state index is 0.363. The maximum atomic E-state index is 9.78. The number of hydrogen-bond acceptors (Lipinski definition) is 6. The predicted octanol–water partition coefficient (Wildman–Crippen LogP) is 4.18. The molecule has 0 amide bonds. The molecule has 0 spiro atoms. The van der Waals surface area contributed by atoms with Gasteiger partial charge in [0.25, 0.3) is 0 Å². The van der Waals surface area contributed by atoms with Gasteiger partial charge in [0, 0.05) is 5.56 Å². The number of nitrogens with two attached hydrogens (primary N) is 1. The molecule has 1 aliphatic rings. The van der Waals surface area contributed by atoms with Crippen LogP contribution < -0.4 is 19.9 Å². The topological polar surface area (TPSA) is 94.8 Å². The first-order valence-corrected chi connectivity index (χ1v) is 10.6. The van der Waals surface area contributed by atoms with Gasteiger partial charge in [-0.3, -0.25) is 4.40 Å². The Morgan fingerprint density at radius 1 is 1.26 bits per heavy atom. The van der Waals surface area contributed by atoms with Crippen molar-refractivity contribution in [3.05, 3.63) is 42.1 Å². The van der Waals surface area contributed by atoms with Gasteiger partial charge in [-0.2, -0.15) is 5.26 Å². The summed E-state index contributed by atoms with van der Waals surface area (Å²) in [4.78, 5) is 4.49. The fourth-order valence-electron chi connectivity index (χ4n) is 4.67. The molecule has 0 saturated heterocycles. The Balaban J connectivity index is 1.77. The van der Waals surface area contributed by atoms with E-state index in [4.69, 9.17) is 19.9 Å². The van der Waals surface area contributed by atoms with Crippen LogP contribution in [0.25, 0.3) is 16.9 Å². The molecule has 1 fully saturated rings. The van der Waals surface area contributed by atoms with Gasteiger partial charge in [0.2, 0.25) is 0 Å². The number of ether oxygens (including phenoxy) is 3. The fraction of sp³-hybridized carbons (Fsp3) is 0.417. The van der Waals surface area contributed by atoms with Crippen LogP contribution in [0.5, 0.6) is 17.4 Å². The van der Waals surface area contributed by atoms with Crippen molar-refractivity contribution in [2.75, 3.05) is 20.8 Å². The van der Waals surface area contributed by atoms with Gasteiger partial charge in [-0.25, -0.2) is 4.98 Å². The second-order valence-corrected chi connectivity index (χ2v) is 8.09. The van der Waals surface area contributed by atoms with Crippen LogP contribution in [0.2, 0.25) is 0 Å². The van der Waals surface area contributed by atoms with Crippen molar-refractivity contribution < 1.29 is 14.2 Å². The molecule has 0 bridgehead atoms. The van der Waals surface area contributed by atoms with E-state index < -0.39 is 0 Å². The Bertz CT molecular complexity index is 1130. The number of hydrogen-bond donors (Lipinski definition) is 1. The Labute approximate surface area is 182 Å². The maximum absolute atomic E-state index is 9.78. The number of rotatable bonds is 7. The summed E-state index contributed by atoms with van der Waals surface area (Å²) in [5.74, 6) is 2.00. The highest BCUT2D eigenvalue weighted by atomic mass is 16.5. The van der Waals surface area contributed by atoms with Gasteiger partial charge in [-0.1, -0.05) is 25.8 Å². The highest BCUT2D eigenvalue weighted by Gasteiger charge is 2.39. The maximum Gasteiger partial charge on any atom is 0.199 e. The molecule has 3 aromatic rings. The third-order valence-electron chi connectivity index (χ3n) is 6.39. The molecule has 0 aliphatic heterocycles. The molecule has 2 atom stereocenters. The first-order valence-electron chi connectivity index (χ1n) is 10.6. The van der Waals surface area contributed by atoms with Gasteiger partial charge < -0.3 is 19.9 Å². The Kier molecular flexibility index (Phi) is 5.75. The summed E-state index contributed by atoms with van der Waals surface area (Å²) in [6, 6.07) is 11.6. The Hall–Kier alpha value is -3.24. The van der Waals surface area contributed by atoms with Crippen LogP contribution in [-0.2, 0) is 0 Å². The molecule has 1 aliphatic carbocycles. The summed E-state index contributed by atoms with van der Waals surface area (Å²) in [6.07, 6.45) is 5.95. The number of nitriles is 1. The summed E-state index contributed by atoms with van der Waals surface area (Å²) < 4.78 is 19.2. The molecular weight excluding hydrogens is 392 g/mol. The minimum Gasteiger partial charge on any atom is -0.495 e. The molecule has 2 N–H and O–H groups in total. The lowest BCUT2D eigenvalue weighted by Gasteiger charge is -2.31. The Morgan fingerprint density at radius 3 is 2.77 bits per heavy atom. The number of aromatic nitrogens is 2. The van der Waals surface area contributed by atoms with Crippen molar-refractivity contribution in [2.24, 2.45) is 11.7 Å². The van der Waals surface area contributed by atoms with Gasteiger partial charge >= 0.3 is 0 Å². The molecule has 1 saturated carbocycles. The van der Waals surface area contributed by atoms with E-state index in [0.717, 1.165) is 42.6 Å². The standard InChI is InChI=1S/C24H28N4O3/c1-4-17-7-6-10-24(17,26)15-31-21-12-16(11-20(29-2)18(21)13-25)19-14-27-22-8-5-9-23(30-3)28(19)22/h5,8-9,11-12,14,17H,4,6-7,10,15,26H2,1-3H3. The third kappa shape index (κ3) is 3.68. The summed E-state index contributed by atoms with van der Waals surface area (Å²) in [6.45, 7) is 2.53. The molecule has 0 radical (unpaired) electrons. The number of imidazole rings is 1. The number of nitrogens with zero attached hydrogens (tertiary/aromatic N) is 3. The van der Waals surface area contributed by atoms with E-state index in [9.17, 15) is 5.26 Å². The van der Waals surface area contributed by atoms with Crippen LogP contribution >= 0.6 is 0 Å². The van der Waals surface area contributed by atoms with Gasteiger partial charge in [-0.05, 0) is 43.0 Å². The first-order chi connectivity index (χ1) is 15.0. The largest absolute Gasteiger partial charge is 0.495 e. The van der Waals surface area contributed by atoms with Crippen molar-refractivity contribution in [3.8, 4) is 34.7 Å². The number of benzene rings is 1. The van der Waals surface area contributed by atoms with E-state index in [2.05, 4.69) is 18.0 Å². The van der Waals surface area contributed by atoms with Crippen molar-refractivity contribution in [3.63, 3.8) is 0 Å². The number of methoxy groups -OCH3 is 2. The quantitative estimate of drug-likeness (QED) is 0.616. The van der Waals surface area contributed by atoms with Crippen LogP contribution in [0.4, 0.5) is 0 Å². The van der Waals surface area contributed by atoms with Crippen LogP contribution in [0.1, 0.15) is 38.2 Å². The smallest absolute Gasteiger partial charge is 0.199 e. The molecule has 2 aromatic heterocycles. The third-order valence-corrected chi connectivity index (χ3v) is 6.39. The lowest BCUT2D eigenvalue weighted by atomic mass is 9.87. The molecule has 7 heteroatoms. The molecular formula is C24H28N4O3. The average molecular weight is 421 g/mol. The summed E-state index contributed by atoms with van der Waals surface area (Å²) >= 11 is 0. The Morgan fingerprint density at radius 2 is 2.06 bits per heavy atom. The van der Waals surface area contributed by atoms with Gasteiger partial charge in [-0.15, -0.1) is 0 Å². The van der Waals surface area contributed by atoms with Crippen LogP contribution in [0.3, 0.4) is 0 Å². The number of pyridine rings is 1. The van der Waals surface area contributed by atoms with Gasteiger partial charge in [0.05, 0.1) is 31.6 Å². The second-order valence-electron chi connectivity index (χ2n) is 8.09. The molecule has 2 unspecified atom stereocenters. The normalized spacial score (nSPS) is 20.5. The molecule has 2 heterocycles. The molecule has 4 rings (SSSR count). The predicted molar refractivity (Wildman–Crippen MR) is 118 cm³/mol. The zero-order valence-corrected chi connectivity index (χ0v) is 18.2. The second kappa shape index (κ2) is 8.48. The SMILES string of the molecule is CCC1CCCC1(N)COc1cc(-c2cnc3cccc(OC)n23)cc(OC)c1C#N. The highest BCUT2D eigenvalue weighted by molar-refractivity contribution is 5.71. The first kappa shape index (κ1) is 21.0. The lowest BCUT2D eigenvalue weighted by Crippen LogP contribution is -2.48. The molecule has 31 heavy (non-hydrogen) atoms. The van der Waals surface area contributed by atoms with Crippen molar-refractivity contribution in [1.82, 2.24) is 9.38 Å². The van der Waals surface area contributed by atoms with Gasteiger partial charge in [0.15, 0.2) is 5.88 Å². The van der Waals surface area contributed by atoms with E-state index in [-0.39, 0.29) is 5.54 Å². The number of fused-ring (bicyclic) bond motifs is 1. The van der Waals surface area contributed by atoms with Crippen molar-refractivity contribution in [2.45, 2.75) is 38.1 Å². The molecule has 1 aromatic carbocycles. The van der Waals surface area contributed by atoms with Crippen LogP contribution in [-0.4, -0.2) is 35.8 Å². The van der Waals surface area contributed by atoms with Crippen molar-refractivity contribution >= 4 is 5.65 Å². The molecule has 7 nitrogen and oxygen atoms in total. The average Bonchev–Trinajstić information content (AvgIpc) is 3.40. The zero-order valence-electron chi connectivity index (χ0n) is 18.2. The summed E-state index contributed by atoms with van der Waals surface area (Å²) in [5, 5.41) is 9.78. The van der Waals surface area contributed by atoms with E-state index >= 15 is 0 Å². The van der Waals surface area contributed by atoms with Crippen LogP contribution in [0.15, 0.2) is 36.5 Å². The monoisotopic (exact) mass is 420 g/mol. The van der Waals surface area contributed by atoms with E-state index in [1.165, 1.54) is 0 Å². The lowest BCUT2D eigenvalue weighted by molar-refractivity contribution is 0.175. The summed E-state index contributed by atoms with van der Waals surface area (Å²) in [7, 11) is 3.17. The highest BCUT2D eigenvalue weighted by Crippen LogP contribution is 2.39. The van der Waals surface area contributed by atoms with Crippen molar-refractivity contribution in [1.29, 1.82) is 5.26 Å². The fourth-order valence-corrected chi connectivity index (χ4v) is 4.67. The summed E-state index contributed by atoms with van der Waals surface area (Å²) in [5.41, 5.74) is 9.07. The van der Waals surface area contributed by atoms with Crippen LogP contribution in [0, 0.1) is 17.2 Å². The van der Waals surface area contributed by atoms with E-state index in [0.29, 0.717) is 35.5 Å². The van der Waals surface area contributed by atoms with E-state index in [1.807, 2.05) is 34.7 Å². The van der Waals surface area contributed by atoms with Gasteiger partial charge in [0.1, 0.15) is 35.4 Å². The minimum atomic E-state index is -0.378.